The first-order chi connectivity index (χ1) is 12.5. The van der Waals surface area contributed by atoms with Gasteiger partial charge in [-0.2, -0.15) is 0 Å². The second-order valence-corrected chi connectivity index (χ2v) is 6.87. The number of hydrogen-bond acceptors (Lipinski definition) is 4. The van der Waals surface area contributed by atoms with Gasteiger partial charge < -0.3 is 20.1 Å². The van der Waals surface area contributed by atoms with Crippen molar-refractivity contribution >= 4 is 23.5 Å². The van der Waals surface area contributed by atoms with Crippen molar-refractivity contribution in [3.8, 4) is 0 Å². The van der Waals surface area contributed by atoms with E-state index in [2.05, 4.69) is 5.32 Å². The Morgan fingerprint density at radius 1 is 1.12 bits per heavy atom. The molecule has 0 radical (unpaired) electrons. The number of carboxylic acid groups (broad SMARTS) is 1. The molecule has 3 rings (SSSR count). The van der Waals surface area contributed by atoms with E-state index in [1.807, 2.05) is 0 Å². The number of nitrogens with one attached hydrogen (secondary N) is 1. The summed E-state index contributed by atoms with van der Waals surface area (Å²) >= 11 is 0. The molecule has 7 heteroatoms. The summed E-state index contributed by atoms with van der Waals surface area (Å²) in [5.41, 5.74) is 1.19. The smallest absolute Gasteiger partial charge is 0.306 e. The van der Waals surface area contributed by atoms with Crippen LogP contribution in [0.4, 0.5) is 5.69 Å². The SMILES string of the molecule is O=C(CC1CCCO1)Nc1ccc(C(=O)N2CCC(C(=O)O)CC2)cc1. The third-order valence-electron chi connectivity index (χ3n) is 4.98. The van der Waals surface area contributed by atoms with Crippen LogP contribution in [0.2, 0.25) is 0 Å². The minimum absolute atomic E-state index is 0.00424. The topological polar surface area (TPSA) is 95.9 Å². The summed E-state index contributed by atoms with van der Waals surface area (Å²) in [5.74, 6) is -1.35. The summed E-state index contributed by atoms with van der Waals surface area (Å²) in [5, 5.41) is 11.9. The van der Waals surface area contributed by atoms with Crippen molar-refractivity contribution in [3.63, 3.8) is 0 Å². The van der Waals surface area contributed by atoms with Gasteiger partial charge in [0.15, 0.2) is 0 Å². The Morgan fingerprint density at radius 3 is 2.38 bits per heavy atom. The van der Waals surface area contributed by atoms with Crippen LogP contribution in [-0.4, -0.2) is 53.6 Å². The number of aliphatic carboxylic acids is 1. The molecular weight excluding hydrogens is 336 g/mol. The number of amides is 2. The lowest BCUT2D eigenvalue weighted by Gasteiger charge is -2.30. The van der Waals surface area contributed by atoms with Crippen molar-refractivity contribution in [2.75, 3.05) is 25.0 Å². The zero-order valence-corrected chi connectivity index (χ0v) is 14.6. The van der Waals surface area contributed by atoms with Gasteiger partial charge in [0.1, 0.15) is 0 Å². The van der Waals surface area contributed by atoms with E-state index >= 15 is 0 Å². The van der Waals surface area contributed by atoms with Gasteiger partial charge in [0.25, 0.3) is 5.91 Å². The van der Waals surface area contributed by atoms with Gasteiger partial charge in [-0.1, -0.05) is 0 Å². The van der Waals surface area contributed by atoms with Crippen molar-refractivity contribution in [2.45, 2.75) is 38.2 Å². The van der Waals surface area contributed by atoms with E-state index in [1.165, 1.54) is 0 Å². The fourth-order valence-corrected chi connectivity index (χ4v) is 3.43. The Kier molecular flexibility index (Phi) is 5.88. The molecule has 0 spiro atoms. The lowest BCUT2D eigenvalue weighted by molar-refractivity contribution is -0.143. The first-order valence-electron chi connectivity index (χ1n) is 9.06. The standard InChI is InChI=1S/C19H24N2O5/c22-17(12-16-2-1-11-26-16)20-15-5-3-13(4-6-15)18(23)21-9-7-14(8-10-21)19(24)25/h3-6,14,16H,1-2,7-12H2,(H,20,22)(H,24,25). The molecule has 0 bridgehead atoms. The fourth-order valence-electron chi connectivity index (χ4n) is 3.43. The monoisotopic (exact) mass is 360 g/mol. The highest BCUT2D eigenvalue weighted by Crippen LogP contribution is 2.20. The van der Waals surface area contributed by atoms with E-state index in [-0.39, 0.29) is 23.8 Å². The van der Waals surface area contributed by atoms with Gasteiger partial charge in [-0.3, -0.25) is 14.4 Å². The van der Waals surface area contributed by atoms with Gasteiger partial charge in [0.2, 0.25) is 5.91 Å². The van der Waals surface area contributed by atoms with Crippen LogP contribution < -0.4 is 5.32 Å². The molecule has 2 aliphatic heterocycles. The second-order valence-electron chi connectivity index (χ2n) is 6.87. The van der Waals surface area contributed by atoms with E-state index in [0.29, 0.717) is 43.6 Å². The summed E-state index contributed by atoms with van der Waals surface area (Å²) < 4.78 is 5.45. The number of likely N-dealkylation sites (tertiary alicyclic amines) is 1. The Labute approximate surface area is 152 Å². The molecule has 140 valence electrons. The van der Waals surface area contributed by atoms with Crippen molar-refractivity contribution < 1.29 is 24.2 Å². The molecule has 1 aromatic rings. The first kappa shape index (κ1) is 18.4. The summed E-state index contributed by atoms with van der Waals surface area (Å²) in [6, 6.07) is 6.80. The number of ether oxygens (including phenoxy) is 1. The van der Waals surface area contributed by atoms with E-state index < -0.39 is 5.97 Å². The van der Waals surface area contributed by atoms with Crippen LogP contribution in [0.25, 0.3) is 0 Å². The second kappa shape index (κ2) is 8.31. The lowest BCUT2D eigenvalue weighted by Crippen LogP contribution is -2.40. The summed E-state index contributed by atoms with van der Waals surface area (Å²) in [6.45, 7) is 1.63. The number of carbonyl (C=O) groups is 3. The Balaban J connectivity index is 1.51. The van der Waals surface area contributed by atoms with Gasteiger partial charge in [-0.25, -0.2) is 0 Å². The molecule has 26 heavy (non-hydrogen) atoms. The average molecular weight is 360 g/mol. The highest BCUT2D eigenvalue weighted by atomic mass is 16.5. The van der Waals surface area contributed by atoms with Gasteiger partial charge in [-0.05, 0) is 49.9 Å². The van der Waals surface area contributed by atoms with Crippen molar-refractivity contribution in [1.82, 2.24) is 4.90 Å². The van der Waals surface area contributed by atoms with Crippen LogP contribution in [0.1, 0.15) is 42.5 Å². The van der Waals surface area contributed by atoms with Crippen molar-refractivity contribution in [3.05, 3.63) is 29.8 Å². The molecule has 2 amide bonds. The summed E-state index contributed by atoms with van der Waals surface area (Å²) in [7, 11) is 0. The van der Waals surface area contributed by atoms with Gasteiger partial charge >= 0.3 is 5.97 Å². The molecule has 2 heterocycles. The zero-order valence-electron chi connectivity index (χ0n) is 14.6. The predicted octanol–water partition coefficient (Wildman–Crippen LogP) is 2.13. The highest BCUT2D eigenvalue weighted by molar-refractivity contribution is 5.96. The Bertz CT molecular complexity index is 659. The number of piperidine rings is 1. The van der Waals surface area contributed by atoms with E-state index in [9.17, 15) is 14.4 Å². The number of carbonyl (C=O) groups excluding carboxylic acids is 2. The summed E-state index contributed by atoms with van der Waals surface area (Å²) in [4.78, 5) is 37.2. The molecule has 0 aliphatic carbocycles. The molecule has 1 atom stereocenters. The summed E-state index contributed by atoms with van der Waals surface area (Å²) in [6.07, 6.45) is 3.23. The quantitative estimate of drug-likeness (QED) is 0.839. The molecule has 1 unspecified atom stereocenters. The minimum Gasteiger partial charge on any atom is -0.481 e. The van der Waals surface area contributed by atoms with Crippen LogP contribution in [0.3, 0.4) is 0 Å². The molecule has 0 aromatic heterocycles. The van der Waals surface area contributed by atoms with Crippen LogP contribution in [0.15, 0.2) is 24.3 Å². The van der Waals surface area contributed by atoms with Crippen LogP contribution in [-0.2, 0) is 14.3 Å². The first-order valence-corrected chi connectivity index (χ1v) is 9.06. The number of nitrogens with zero attached hydrogens (tertiary/aromatic N) is 1. The molecular formula is C19H24N2O5. The van der Waals surface area contributed by atoms with Gasteiger partial charge in [-0.15, -0.1) is 0 Å². The minimum atomic E-state index is -0.791. The number of rotatable bonds is 5. The number of carboxylic acids is 1. The Hall–Kier alpha value is -2.41. The maximum Gasteiger partial charge on any atom is 0.306 e. The van der Waals surface area contributed by atoms with E-state index in [4.69, 9.17) is 9.84 Å². The lowest BCUT2D eigenvalue weighted by atomic mass is 9.96. The van der Waals surface area contributed by atoms with Crippen LogP contribution in [0.5, 0.6) is 0 Å². The number of benzene rings is 1. The number of anilines is 1. The third-order valence-corrected chi connectivity index (χ3v) is 4.98. The maximum absolute atomic E-state index is 12.5. The molecule has 7 nitrogen and oxygen atoms in total. The maximum atomic E-state index is 12.5. The normalized spacial score (nSPS) is 20.8. The van der Waals surface area contributed by atoms with Gasteiger partial charge in [0.05, 0.1) is 18.4 Å². The third kappa shape index (κ3) is 4.60. The number of hydrogen-bond donors (Lipinski definition) is 2. The molecule has 2 fully saturated rings. The molecule has 0 saturated carbocycles. The van der Waals surface area contributed by atoms with E-state index in [0.717, 1.165) is 19.4 Å². The average Bonchev–Trinajstić information content (AvgIpc) is 3.14. The highest BCUT2D eigenvalue weighted by Gasteiger charge is 2.27. The van der Waals surface area contributed by atoms with Gasteiger partial charge in [0, 0.05) is 30.9 Å². The van der Waals surface area contributed by atoms with Crippen LogP contribution in [0, 0.1) is 5.92 Å². The van der Waals surface area contributed by atoms with Crippen LogP contribution >= 0.6 is 0 Å². The predicted molar refractivity (Wildman–Crippen MR) is 94.9 cm³/mol. The molecule has 2 N–H and O–H groups in total. The van der Waals surface area contributed by atoms with Crippen molar-refractivity contribution in [2.24, 2.45) is 5.92 Å². The van der Waals surface area contributed by atoms with Crippen molar-refractivity contribution in [1.29, 1.82) is 0 Å². The molecule has 2 saturated heterocycles. The fraction of sp³-hybridized carbons (Fsp3) is 0.526. The largest absolute Gasteiger partial charge is 0.481 e. The molecule has 2 aliphatic rings. The zero-order chi connectivity index (χ0) is 18.5. The molecule has 1 aromatic carbocycles. The Morgan fingerprint density at radius 2 is 1.81 bits per heavy atom. The van der Waals surface area contributed by atoms with E-state index in [1.54, 1.807) is 29.2 Å².